The molecule has 0 spiro atoms. The summed E-state index contributed by atoms with van der Waals surface area (Å²) < 4.78 is 15.8. The largest absolute Gasteiger partial charge is 0.496 e. The van der Waals surface area contributed by atoms with Crippen molar-refractivity contribution in [1.82, 2.24) is 5.32 Å². The second kappa shape index (κ2) is 8.18. The molecule has 1 aliphatic rings. The van der Waals surface area contributed by atoms with Gasteiger partial charge in [0.2, 0.25) is 0 Å². The summed E-state index contributed by atoms with van der Waals surface area (Å²) in [5.41, 5.74) is 6.97. The van der Waals surface area contributed by atoms with Crippen LogP contribution in [-0.4, -0.2) is 32.2 Å². The number of halogens is 1. The van der Waals surface area contributed by atoms with Gasteiger partial charge in [-0.25, -0.2) is 4.79 Å². The van der Waals surface area contributed by atoms with E-state index in [2.05, 4.69) is 5.32 Å². The summed E-state index contributed by atoms with van der Waals surface area (Å²) in [5.74, 6) is -0.171. The highest BCUT2D eigenvalue weighted by Gasteiger charge is 2.23. The second-order valence-corrected chi connectivity index (χ2v) is 6.35. The number of nitrogens with two attached hydrogens (primary N) is 1. The highest BCUT2D eigenvalue weighted by Crippen LogP contribution is 2.31. The van der Waals surface area contributed by atoms with Gasteiger partial charge in [0.05, 0.1) is 30.5 Å². The number of para-hydroxylation sites is 1. The lowest BCUT2D eigenvalue weighted by Gasteiger charge is -2.26. The molecule has 1 atom stereocenters. The minimum Gasteiger partial charge on any atom is -0.496 e. The van der Waals surface area contributed by atoms with Crippen molar-refractivity contribution in [2.45, 2.75) is 12.5 Å². The Morgan fingerprint density at radius 2 is 2.11 bits per heavy atom. The van der Waals surface area contributed by atoms with Gasteiger partial charge in [-0.2, -0.15) is 0 Å². The number of hydrogen-bond donors (Lipinski definition) is 2. The van der Waals surface area contributed by atoms with E-state index < -0.39 is 18.5 Å². The van der Waals surface area contributed by atoms with Gasteiger partial charge in [-0.15, -0.1) is 0 Å². The Bertz CT molecular complexity index is 871. The van der Waals surface area contributed by atoms with Crippen molar-refractivity contribution in [3.63, 3.8) is 0 Å². The molecule has 27 heavy (non-hydrogen) atoms. The summed E-state index contributed by atoms with van der Waals surface area (Å²) >= 11 is 5.95. The fraction of sp³-hybridized carbons (Fsp3) is 0.263. The first-order chi connectivity index (χ1) is 13.0. The molecule has 7 nitrogen and oxygen atoms in total. The number of carbonyl (C=O) groups is 2. The van der Waals surface area contributed by atoms with Crippen LogP contribution in [-0.2, 0) is 9.53 Å². The van der Waals surface area contributed by atoms with E-state index in [1.165, 1.54) is 19.2 Å². The van der Waals surface area contributed by atoms with E-state index in [1.54, 1.807) is 0 Å². The summed E-state index contributed by atoms with van der Waals surface area (Å²) in [6, 6.07) is 10.1. The van der Waals surface area contributed by atoms with Crippen molar-refractivity contribution < 1.29 is 23.8 Å². The highest BCUT2D eigenvalue weighted by atomic mass is 35.5. The van der Waals surface area contributed by atoms with Crippen LogP contribution in [0.2, 0.25) is 5.02 Å². The Kier molecular flexibility index (Phi) is 5.71. The van der Waals surface area contributed by atoms with Gasteiger partial charge in [0.25, 0.3) is 5.91 Å². The average Bonchev–Trinajstić information content (AvgIpc) is 2.68. The number of carbonyl (C=O) groups excluding carboxylic acids is 2. The normalized spacial score (nSPS) is 15.3. The van der Waals surface area contributed by atoms with Gasteiger partial charge in [0.15, 0.2) is 6.61 Å². The van der Waals surface area contributed by atoms with Crippen molar-refractivity contribution in [3.8, 4) is 11.5 Å². The van der Waals surface area contributed by atoms with Crippen LogP contribution in [0.3, 0.4) is 0 Å². The molecule has 0 bridgehead atoms. The summed E-state index contributed by atoms with van der Waals surface area (Å²) in [6.45, 7) is 0.0758. The van der Waals surface area contributed by atoms with E-state index >= 15 is 0 Å². The number of rotatable bonds is 5. The van der Waals surface area contributed by atoms with Crippen LogP contribution in [0.4, 0.5) is 5.69 Å². The van der Waals surface area contributed by atoms with Crippen molar-refractivity contribution in [3.05, 3.63) is 52.5 Å². The summed E-state index contributed by atoms with van der Waals surface area (Å²) in [4.78, 5) is 24.5. The second-order valence-electron chi connectivity index (χ2n) is 5.95. The van der Waals surface area contributed by atoms with Gasteiger partial charge in [-0.3, -0.25) is 4.79 Å². The molecule has 0 saturated carbocycles. The molecule has 3 N–H and O–H groups in total. The maximum Gasteiger partial charge on any atom is 0.342 e. The third-order valence-corrected chi connectivity index (χ3v) is 4.49. The van der Waals surface area contributed by atoms with Crippen LogP contribution in [0.1, 0.15) is 28.4 Å². The Hall–Kier alpha value is -2.93. The van der Waals surface area contributed by atoms with Gasteiger partial charge in [-0.1, -0.05) is 29.8 Å². The van der Waals surface area contributed by atoms with Gasteiger partial charge in [0, 0.05) is 18.1 Å². The fourth-order valence-electron chi connectivity index (χ4n) is 2.83. The van der Waals surface area contributed by atoms with Crippen molar-refractivity contribution in [2.24, 2.45) is 0 Å². The Balaban J connectivity index is 1.62. The first-order valence-corrected chi connectivity index (χ1v) is 8.68. The fourth-order valence-corrected chi connectivity index (χ4v) is 3.00. The molecule has 1 heterocycles. The maximum atomic E-state index is 12.3. The predicted molar refractivity (Wildman–Crippen MR) is 100 cm³/mol. The van der Waals surface area contributed by atoms with Gasteiger partial charge in [0.1, 0.15) is 17.1 Å². The molecule has 8 heteroatoms. The number of anilines is 1. The van der Waals surface area contributed by atoms with Gasteiger partial charge in [-0.05, 0) is 12.1 Å². The number of amides is 1. The van der Waals surface area contributed by atoms with Gasteiger partial charge >= 0.3 is 5.97 Å². The quantitative estimate of drug-likeness (QED) is 0.601. The number of benzene rings is 2. The van der Waals surface area contributed by atoms with E-state index in [4.69, 9.17) is 31.5 Å². The predicted octanol–water partition coefficient (Wildman–Crippen LogP) is 2.73. The zero-order chi connectivity index (χ0) is 19.4. The molecule has 0 radical (unpaired) electrons. The number of methoxy groups -OCH3 is 1. The zero-order valence-corrected chi connectivity index (χ0v) is 15.4. The van der Waals surface area contributed by atoms with Crippen LogP contribution < -0.4 is 20.5 Å². The van der Waals surface area contributed by atoms with Crippen LogP contribution in [0.25, 0.3) is 0 Å². The third-order valence-electron chi connectivity index (χ3n) is 4.17. The number of fused-ring (bicyclic) bond motifs is 1. The van der Waals surface area contributed by atoms with E-state index in [0.29, 0.717) is 13.0 Å². The third kappa shape index (κ3) is 4.25. The van der Waals surface area contributed by atoms with Crippen molar-refractivity contribution in [1.29, 1.82) is 0 Å². The lowest BCUT2D eigenvalue weighted by atomic mass is 10.0. The maximum absolute atomic E-state index is 12.3. The zero-order valence-electron chi connectivity index (χ0n) is 14.7. The monoisotopic (exact) mass is 390 g/mol. The number of nitrogen functional groups attached to an aromatic ring is 1. The first-order valence-electron chi connectivity index (χ1n) is 8.31. The summed E-state index contributed by atoms with van der Waals surface area (Å²) in [5, 5.41) is 3.06. The van der Waals surface area contributed by atoms with E-state index in [9.17, 15) is 9.59 Å². The minimum atomic E-state index is -0.726. The molecular weight excluding hydrogens is 372 g/mol. The molecule has 0 fully saturated rings. The smallest absolute Gasteiger partial charge is 0.342 e. The molecule has 0 saturated heterocycles. The van der Waals surface area contributed by atoms with E-state index in [1.807, 2.05) is 24.3 Å². The Morgan fingerprint density at radius 3 is 2.89 bits per heavy atom. The number of esters is 1. The van der Waals surface area contributed by atoms with Gasteiger partial charge < -0.3 is 25.3 Å². The minimum absolute atomic E-state index is 0.0981. The molecule has 2 aromatic carbocycles. The Morgan fingerprint density at radius 1 is 1.33 bits per heavy atom. The van der Waals surface area contributed by atoms with Crippen LogP contribution >= 0.6 is 11.6 Å². The molecule has 1 aliphatic heterocycles. The van der Waals surface area contributed by atoms with Crippen molar-refractivity contribution in [2.75, 3.05) is 26.1 Å². The molecule has 3 rings (SSSR count). The molecule has 0 aliphatic carbocycles. The van der Waals surface area contributed by atoms with Crippen LogP contribution in [0.5, 0.6) is 11.5 Å². The van der Waals surface area contributed by atoms with Crippen LogP contribution in [0.15, 0.2) is 36.4 Å². The standard InChI is InChI=1S/C19H19ClN2O5/c1-25-17-9-14(21)13(20)8-12(17)19(24)27-10-18(23)22-15-6-7-26-16-5-3-2-4-11(15)16/h2-5,8-9,15H,6-7,10,21H2,1H3,(H,22,23). The average molecular weight is 391 g/mol. The lowest BCUT2D eigenvalue weighted by molar-refractivity contribution is -0.125. The topological polar surface area (TPSA) is 99.9 Å². The SMILES string of the molecule is COc1cc(N)c(Cl)cc1C(=O)OCC(=O)NC1CCOc2ccccc21. The molecule has 1 amide bonds. The summed E-state index contributed by atoms with van der Waals surface area (Å²) in [6.07, 6.45) is 0.637. The van der Waals surface area contributed by atoms with Crippen molar-refractivity contribution >= 4 is 29.2 Å². The highest BCUT2D eigenvalue weighted by molar-refractivity contribution is 6.33. The lowest BCUT2D eigenvalue weighted by Crippen LogP contribution is -2.35. The molecular formula is C19H19ClN2O5. The van der Waals surface area contributed by atoms with E-state index in [0.717, 1.165) is 11.3 Å². The molecule has 2 aromatic rings. The van der Waals surface area contributed by atoms with E-state index in [-0.39, 0.29) is 28.1 Å². The molecule has 1 unspecified atom stereocenters. The Labute approximate surface area is 161 Å². The number of hydrogen-bond acceptors (Lipinski definition) is 6. The molecule has 142 valence electrons. The first kappa shape index (κ1) is 18.8. The van der Waals surface area contributed by atoms with Crippen LogP contribution in [0, 0.1) is 0 Å². The molecule has 0 aromatic heterocycles. The number of nitrogens with one attached hydrogen (secondary N) is 1. The number of ether oxygens (including phenoxy) is 3. The summed E-state index contributed by atoms with van der Waals surface area (Å²) in [7, 11) is 1.40.